The van der Waals surface area contributed by atoms with Crippen molar-refractivity contribution in [3.05, 3.63) is 53.3 Å². The van der Waals surface area contributed by atoms with Gasteiger partial charge in [-0.15, -0.1) is 0 Å². The molecular formula is C16H17ClN2O2. The van der Waals surface area contributed by atoms with Crippen LogP contribution in [0.4, 0.5) is 5.69 Å². The van der Waals surface area contributed by atoms with Gasteiger partial charge in [0.05, 0.1) is 23.5 Å². The molecule has 2 aromatic rings. The van der Waals surface area contributed by atoms with E-state index >= 15 is 0 Å². The van der Waals surface area contributed by atoms with Crippen molar-refractivity contribution in [1.82, 2.24) is 4.98 Å². The second-order valence-corrected chi connectivity index (χ2v) is 5.03. The normalized spacial score (nSPS) is 10.2. The van der Waals surface area contributed by atoms with Crippen LogP contribution in [-0.4, -0.2) is 17.5 Å². The molecule has 5 heteroatoms. The number of ether oxygens (including phenoxy) is 1. The molecule has 1 heterocycles. The van der Waals surface area contributed by atoms with Crippen LogP contribution >= 0.6 is 11.6 Å². The highest BCUT2D eigenvalue weighted by Crippen LogP contribution is 2.23. The lowest BCUT2D eigenvalue weighted by molar-refractivity contribution is -0.116. The topological polar surface area (TPSA) is 51.2 Å². The summed E-state index contributed by atoms with van der Waals surface area (Å²) in [5, 5.41) is 3.41. The van der Waals surface area contributed by atoms with Gasteiger partial charge in [-0.25, -0.2) is 0 Å². The standard InChI is InChI=1S/C16H17ClN2O2/c1-12-8-9-18-11-14(12)19-16(20)7-4-10-21-15-6-3-2-5-13(15)17/h2-3,5-6,8-9,11H,4,7,10H2,1H3,(H,19,20). The third-order valence-electron chi connectivity index (χ3n) is 2.96. The van der Waals surface area contributed by atoms with E-state index in [1.54, 1.807) is 24.5 Å². The number of benzene rings is 1. The highest BCUT2D eigenvalue weighted by molar-refractivity contribution is 6.32. The number of carbonyl (C=O) groups excluding carboxylic acids is 1. The smallest absolute Gasteiger partial charge is 0.224 e. The molecule has 1 aromatic carbocycles. The second-order valence-electron chi connectivity index (χ2n) is 4.62. The zero-order valence-corrected chi connectivity index (χ0v) is 12.6. The van der Waals surface area contributed by atoms with E-state index in [0.717, 1.165) is 11.3 Å². The summed E-state index contributed by atoms with van der Waals surface area (Å²) < 4.78 is 5.54. The van der Waals surface area contributed by atoms with Crippen molar-refractivity contribution in [1.29, 1.82) is 0 Å². The molecule has 0 fully saturated rings. The molecule has 1 amide bonds. The minimum absolute atomic E-state index is 0.0474. The molecule has 1 N–H and O–H groups in total. The fourth-order valence-corrected chi connectivity index (χ4v) is 1.97. The predicted molar refractivity (Wildman–Crippen MR) is 83.8 cm³/mol. The van der Waals surface area contributed by atoms with Crippen LogP contribution in [0.5, 0.6) is 5.75 Å². The number of nitrogens with one attached hydrogen (secondary N) is 1. The molecule has 21 heavy (non-hydrogen) atoms. The molecule has 0 radical (unpaired) electrons. The third kappa shape index (κ3) is 4.76. The molecular weight excluding hydrogens is 288 g/mol. The summed E-state index contributed by atoms with van der Waals surface area (Å²) in [4.78, 5) is 15.8. The van der Waals surface area contributed by atoms with Crippen LogP contribution in [-0.2, 0) is 4.79 Å². The lowest BCUT2D eigenvalue weighted by Gasteiger charge is -2.09. The van der Waals surface area contributed by atoms with Gasteiger partial charge in [0.2, 0.25) is 5.91 Å². The molecule has 2 rings (SSSR count). The number of aromatic nitrogens is 1. The van der Waals surface area contributed by atoms with Crippen molar-refractivity contribution in [2.75, 3.05) is 11.9 Å². The van der Waals surface area contributed by atoms with Crippen LogP contribution in [0.2, 0.25) is 5.02 Å². The summed E-state index contributed by atoms with van der Waals surface area (Å²) in [5.74, 6) is 0.594. The van der Waals surface area contributed by atoms with E-state index < -0.39 is 0 Å². The number of carbonyl (C=O) groups is 1. The summed E-state index contributed by atoms with van der Waals surface area (Å²) in [6.07, 6.45) is 4.35. The van der Waals surface area contributed by atoms with Crippen LogP contribution in [0.3, 0.4) is 0 Å². The van der Waals surface area contributed by atoms with Crippen molar-refractivity contribution in [2.24, 2.45) is 0 Å². The summed E-state index contributed by atoms with van der Waals surface area (Å²) >= 11 is 5.98. The Balaban J connectivity index is 1.73. The summed E-state index contributed by atoms with van der Waals surface area (Å²) in [6, 6.07) is 9.14. The van der Waals surface area contributed by atoms with Crippen molar-refractivity contribution in [3.63, 3.8) is 0 Å². The molecule has 4 nitrogen and oxygen atoms in total. The fraction of sp³-hybridized carbons (Fsp3) is 0.250. The average Bonchev–Trinajstić information content (AvgIpc) is 2.48. The maximum Gasteiger partial charge on any atom is 0.224 e. The molecule has 110 valence electrons. The second kappa shape index (κ2) is 7.64. The quantitative estimate of drug-likeness (QED) is 0.825. The number of halogens is 1. The molecule has 0 saturated carbocycles. The summed E-state index contributed by atoms with van der Waals surface area (Å²) in [6.45, 7) is 2.38. The number of hydrogen-bond donors (Lipinski definition) is 1. The van der Waals surface area contributed by atoms with E-state index in [1.165, 1.54) is 0 Å². The van der Waals surface area contributed by atoms with Gasteiger partial charge in [0.1, 0.15) is 5.75 Å². The fourth-order valence-electron chi connectivity index (χ4n) is 1.78. The van der Waals surface area contributed by atoms with Crippen molar-refractivity contribution >= 4 is 23.2 Å². The van der Waals surface area contributed by atoms with Crippen LogP contribution in [0.1, 0.15) is 18.4 Å². The van der Waals surface area contributed by atoms with Gasteiger partial charge in [-0.2, -0.15) is 0 Å². The number of anilines is 1. The van der Waals surface area contributed by atoms with Gasteiger partial charge < -0.3 is 10.1 Å². The Morgan fingerprint density at radius 3 is 2.90 bits per heavy atom. The first kappa shape index (κ1) is 15.3. The van der Waals surface area contributed by atoms with E-state index in [9.17, 15) is 4.79 Å². The molecule has 0 atom stereocenters. The minimum atomic E-state index is -0.0474. The van der Waals surface area contributed by atoms with E-state index in [0.29, 0.717) is 30.2 Å². The van der Waals surface area contributed by atoms with Gasteiger partial charge in [-0.3, -0.25) is 9.78 Å². The lowest BCUT2D eigenvalue weighted by Crippen LogP contribution is -2.13. The number of rotatable bonds is 6. The molecule has 0 saturated heterocycles. The molecule has 0 aliphatic rings. The molecule has 0 unspecified atom stereocenters. The Morgan fingerprint density at radius 1 is 1.33 bits per heavy atom. The number of hydrogen-bond acceptors (Lipinski definition) is 3. The van der Waals surface area contributed by atoms with Crippen LogP contribution in [0, 0.1) is 6.92 Å². The van der Waals surface area contributed by atoms with E-state index in [2.05, 4.69) is 10.3 Å². The van der Waals surface area contributed by atoms with Gasteiger partial charge in [0.25, 0.3) is 0 Å². The number of para-hydroxylation sites is 1. The Morgan fingerprint density at radius 2 is 2.14 bits per heavy atom. The first-order chi connectivity index (χ1) is 10.2. The highest BCUT2D eigenvalue weighted by Gasteiger charge is 2.05. The van der Waals surface area contributed by atoms with Gasteiger partial charge in [0.15, 0.2) is 0 Å². The molecule has 0 aliphatic heterocycles. The number of nitrogens with zero attached hydrogens (tertiary/aromatic N) is 1. The molecule has 1 aromatic heterocycles. The van der Waals surface area contributed by atoms with Crippen LogP contribution in [0.15, 0.2) is 42.7 Å². The predicted octanol–water partition coefficient (Wildman–Crippen LogP) is 3.84. The van der Waals surface area contributed by atoms with Gasteiger partial charge in [-0.1, -0.05) is 23.7 Å². The van der Waals surface area contributed by atoms with Crippen LogP contribution in [0.25, 0.3) is 0 Å². The van der Waals surface area contributed by atoms with Crippen molar-refractivity contribution in [3.8, 4) is 5.75 Å². The maximum atomic E-state index is 11.8. The van der Waals surface area contributed by atoms with Crippen molar-refractivity contribution < 1.29 is 9.53 Å². The molecule has 0 aliphatic carbocycles. The zero-order chi connectivity index (χ0) is 15.1. The Bertz CT molecular complexity index is 617. The van der Waals surface area contributed by atoms with Crippen LogP contribution < -0.4 is 10.1 Å². The molecule has 0 spiro atoms. The number of aryl methyl sites for hydroxylation is 1. The number of pyridine rings is 1. The van der Waals surface area contributed by atoms with Gasteiger partial charge >= 0.3 is 0 Å². The monoisotopic (exact) mass is 304 g/mol. The number of amides is 1. The average molecular weight is 305 g/mol. The van der Waals surface area contributed by atoms with Gasteiger partial charge in [0, 0.05) is 12.6 Å². The molecule has 0 bridgehead atoms. The van der Waals surface area contributed by atoms with Crippen molar-refractivity contribution in [2.45, 2.75) is 19.8 Å². The van der Waals surface area contributed by atoms with Gasteiger partial charge in [-0.05, 0) is 37.1 Å². The SMILES string of the molecule is Cc1ccncc1NC(=O)CCCOc1ccccc1Cl. The van der Waals surface area contributed by atoms with E-state index in [4.69, 9.17) is 16.3 Å². The Hall–Kier alpha value is -2.07. The Labute approximate surface area is 129 Å². The van der Waals surface area contributed by atoms with E-state index in [1.807, 2.05) is 25.1 Å². The zero-order valence-electron chi connectivity index (χ0n) is 11.8. The lowest BCUT2D eigenvalue weighted by atomic mass is 10.2. The largest absolute Gasteiger partial charge is 0.492 e. The summed E-state index contributed by atoms with van der Waals surface area (Å²) in [5.41, 5.74) is 1.74. The minimum Gasteiger partial charge on any atom is -0.492 e. The highest BCUT2D eigenvalue weighted by atomic mass is 35.5. The summed E-state index contributed by atoms with van der Waals surface area (Å²) in [7, 11) is 0. The third-order valence-corrected chi connectivity index (χ3v) is 3.27. The Kier molecular flexibility index (Phi) is 5.58. The first-order valence-corrected chi connectivity index (χ1v) is 7.12. The van der Waals surface area contributed by atoms with E-state index in [-0.39, 0.29) is 5.91 Å². The first-order valence-electron chi connectivity index (χ1n) is 6.74. The maximum absolute atomic E-state index is 11.8.